The van der Waals surface area contributed by atoms with Crippen LogP contribution < -0.4 is 14.4 Å². The molecule has 0 saturated heterocycles. The van der Waals surface area contributed by atoms with Gasteiger partial charge in [0.25, 0.3) is 15.9 Å². The fourth-order valence-electron chi connectivity index (χ4n) is 3.88. The molecule has 1 atom stereocenters. The van der Waals surface area contributed by atoms with Gasteiger partial charge in [0, 0.05) is 21.9 Å². The van der Waals surface area contributed by atoms with E-state index < -0.39 is 21.8 Å². The van der Waals surface area contributed by atoms with Crippen LogP contribution in [0.1, 0.15) is 18.1 Å². The summed E-state index contributed by atoms with van der Waals surface area (Å²) in [6, 6.07) is 14.9. The summed E-state index contributed by atoms with van der Waals surface area (Å²) in [6.45, 7) is 1.71. The predicted molar refractivity (Wildman–Crippen MR) is 129 cm³/mol. The maximum atomic E-state index is 12.9. The maximum Gasteiger partial charge on any atom is 0.416 e. The molecule has 0 aliphatic carbocycles. The molecule has 0 unspecified atom stereocenters. The third-order valence-corrected chi connectivity index (χ3v) is 7.35. The third-order valence-electron chi connectivity index (χ3n) is 5.46. The number of carbonyl (C=O) groups excluding carboxylic acids is 1. The quantitative estimate of drug-likeness (QED) is 0.418. The highest BCUT2D eigenvalue weighted by Gasteiger charge is 2.32. The molecule has 1 amide bonds. The molecule has 0 fully saturated rings. The first-order chi connectivity index (χ1) is 16.4. The Kier molecular flexibility index (Phi) is 6.83. The molecule has 35 heavy (non-hydrogen) atoms. The normalized spacial score (nSPS) is 15.6. The van der Waals surface area contributed by atoms with Gasteiger partial charge in [0.05, 0.1) is 10.5 Å². The average Bonchev–Trinajstić information content (AvgIpc) is 3.12. The minimum absolute atomic E-state index is 0.0233. The van der Waals surface area contributed by atoms with Crippen molar-refractivity contribution in [1.82, 2.24) is 0 Å². The largest absolute Gasteiger partial charge is 0.484 e. The predicted octanol–water partition coefficient (Wildman–Crippen LogP) is 5.63. The minimum Gasteiger partial charge on any atom is -0.484 e. The van der Waals surface area contributed by atoms with Crippen molar-refractivity contribution in [2.45, 2.75) is 30.5 Å². The number of hydrogen-bond acceptors (Lipinski definition) is 4. The molecule has 0 aromatic heterocycles. The Balaban J connectivity index is 1.41. The molecule has 3 aromatic carbocycles. The SMILES string of the molecule is C[C@H]1Cc2cc(Br)ccc2N1C(=O)COc1ccc(S(=O)(=O)Nc2cccc(C(F)(F)F)c2)cc1. The van der Waals surface area contributed by atoms with E-state index in [0.29, 0.717) is 0 Å². The number of sulfonamides is 1. The lowest BCUT2D eigenvalue weighted by molar-refractivity contribution is -0.137. The third kappa shape index (κ3) is 5.62. The highest BCUT2D eigenvalue weighted by molar-refractivity contribution is 9.10. The number of ether oxygens (including phenoxy) is 1. The Morgan fingerprint density at radius 3 is 2.51 bits per heavy atom. The Bertz CT molecular complexity index is 1360. The van der Waals surface area contributed by atoms with E-state index in [2.05, 4.69) is 20.7 Å². The highest BCUT2D eigenvalue weighted by atomic mass is 79.9. The highest BCUT2D eigenvalue weighted by Crippen LogP contribution is 2.34. The van der Waals surface area contributed by atoms with Crippen LogP contribution in [0, 0.1) is 0 Å². The molecular formula is C24H20BrF3N2O4S. The van der Waals surface area contributed by atoms with Gasteiger partial charge in [-0.25, -0.2) is 8.42 Å². The van der Waals surface area contributed by atoms with Crippen LogP contribution in [-0.2, 0) is 27.4 Å². The Morgan fingerprint density at radius 1 is 1.11 bits per heavy atom. The number of alkyl halides is 3. The molecule has 184 valence electrons. The van der Waals surface area contributed by atoms with E-state index in [1.807, 2.05) is 25.1 Å². The second-order valence-corrected chi connectivity index (χ2v) is 10.6. The van der Waals surface area contributed by atoms with Gasteiger partial charge in [-0.05, 0) is 79.6 Å². The lowest BCUT2D eigenvalue weighted by Gasteiger charge is -2.22. The zero-order valence-corrected chi connectivity index (χ0v) is 20.7. The lowest BCUT2D eigenvalue weighted by Crippen LogP contribution is -2.39. The first-order valence-corrected chi connectivity index (χ1v) is 12.7. The number of amides is 1. The number of rotatable bonds is 6. The summed E-state index contributed by atoms with van der Waals surface area (Å²) in [5, 5.41) is 0. The van der Waals surface area contributed by atoms with Gasteiger partial charge < -0.3 is 9.64 Å². The number of halogens is 4. The van der Waals surface area contributed by atoms with Gasteiger partial charge in [-0.15, -0.1) is 0 Å². The van der Waals surface area contributed by atoms with Crippen molar-refractivity contribution in [2.24, 2.45) is 0 Å². The molecule has 11 heteroatoms. The standard InChI is InChI=1S/C24H20BrF3N2O4S/c1-15-11-16-12-18(25)5-10-22(16)30(15)23(31)14-34-20-6-8-21(9-7-20)35(32,33)29-19-4-2-3-17(13-19)24(26,27)28/h2-10,12-13,15,29H,11,14H2,1H3/t15-/m0/s1. The first-order valence-electron chi connectivity index (χ1n) is 10.5. The molecule has 1 aliphatic rings. The molecule has 0 bridgehead atoms. The van der Waals surface area contributed by atoms with Gasteiger partial charge in [0.2, 0.25) is 0 Å². The molecule has 6 nitrogen and oxygen atoms in total. The molecule has 3 aromatic rings. The van der Waals surface area contributed by atoms with Crippen molar-refractivity contribution < 1.29 is 31.1 Å². The van der Waals surface area contributed by atoms with Crippen LogP contribution in [0.15, 0.2) is 76.1 Å². The van der Waals surface area contributed by atoms with Crippen LogP contribution in [0.5, 0.6) is 5.75 Å². The monoisotopic (exact) mass is 568 g/mol. The topological polar surface area (TPSA) is 75.7 Å². The van der Waals surface area contributed by atoms with Crippen LogP contribution in [-0.4, -0.2) is 27.0 Å². The Hall–Kier alpha value is -3.05. The summed E-state index contributed by atoms with van der Waals surface area (Å²) in [6.07, 6.45) is -3.87. The fourth-order valence-corrected chi connectivity index (χ4v) is 5.34. The molecule has 0 spiro atoms. The molecule has 1 N–H and O–H groups in total. The van der Waals surface area contributed by atoms with Crippen LogP contribution >= 0.6 is 15.9 Å². The number of nitrogens with one attached hydrogen (secondary N) is 1. The first kappa shape index (κ1) is 25.1. The summed E-state index contributed by atoms with van der Waals surface area (Å²) in [5.74, 6) is 0.0423. The lowest BCUT2D eigenvalue weighted by atomic mass is 10.1. The second-order valence-electron chi connectivity index (χ2n) is 8.03. The van der Waals surface area contributed by atoms with Crippen molar-refractivity contribution >= 4 is 43.2 Å². The number of anilines is 2. The summed E-state index contributed by atoms with van der Waals surface area (Å²) in [7, 11) is -4.13. The van der Waals surface area contributed by atoms with E-state index in [-0.39, 0.29) is 34.9 Å². The van der Waals surface area contributed by atoms with Crippen molar-refractivity contribution in [1.29, 1.82) is 0 Å². The van der Waals surface area contributed by atoms with E-state index in [4.69, 9.17) is 4.74 Å². The van der Waals surface area contributed by atoms with Gasteiger partial charge in [0.1, 0.15) is 5.75 Å². The van der Waals surface area contributed by atoms with E-state index in [1.165, 1.54) is 30.3 Å². The maximum absolute atomic E-state index is 12.9. The smallest absolute Gasteiger partial charge is 0.416 e. The summed E-state index contributed by atoms with van der Waals surface area (Å²) in [4.78, 5) is 14.3. The summed E-state index contributed by atoms with van der Waals surface area (Å²) >= 11 is 3.43. The second kappa shape index (κ2) is 9.54. The van der Waals surface area contributed by atoms with E-state index in [1.54, 1.807) is 4.90 Å². The van der Waals surface area contributed by atoms with E-state index >= 15 is 0 Å². The summed E-state index contributed by atoms with van der Waals surface area (Å²) in [5.41, 5.74) is 0.714. The van der Waals surface area contributed by atoms with E-state index in [9.17, 15) is 26.4 Å². The van der Waals surface area contributed by atoms with Crippen LogP contribution in [0.2, 0.25) is 0 Å². The van der Waals surface area contributed by atoms with E-state index in [0.717, 1.165) is 40.3 Å². The Morgan fingerprint density at radius 2 is 1.83 bits per heavy atom. The molecular weight excluding hydrogens is 549 g/mol. The van der Waals surface area contributed by atoms with Gasteiger partial charge in [-0.3, -0.25) is 9.52 Å². The zero-order valence-electron chi connectivity index (χ0n) is 18.3. The fraction of sp³-hybridized carbons (Fsp3) is 0.208. The average molecular weight is 569 g/mol. The van der Waals surface area contributed by atoms with Crippen molar-refractivity contribution in [3.05, 3.63) is 82.3 Å². The molecule has 0 saturated carbocycles. The minimum atomic E-state index is -4.59. The van der Waals surface area contributed by atoms with Gasteiger partial charge in [-0.2, -0.15) is 13.2 Å². The van der Waals surface area contributed by atoms with Gasteiger partial charge in [-0.1, -0.05) is 22.0 Å². The molecule has 1 heterocycles. The number of hydrogen-bond donors (Lipinski definition) is 1. The summed E-state index contributed by atoms with van der Waals surface area (Å²) < 4.78 is 72.5. The van der Waals surface area contributed by atoms with Crippen LogP contribution in [0.25, 0.3) is 0 Å². The number of nitrogens with zero attached hydrogens (tertiary/aromatic N) is 1. The zero-order chi connectivity index (χ0) is 25.4. The van der Waals surface area contributed by atoms with Crippen molar-refractivity contribution in [3.63, 3.8) is 0 Å². The van der Waals surface area contributed by atoms with Gasteiger partial charge >= 0.3 is 6.18 Å². The van der Waals surface area contributed by atoms with Crippen LogP contribution in [0.3, 0.4) is 0 Å². The number of benzene rings is 3. The molecule has 0 radical (unpaired) electrons. The van der Waals surface area contributed by atoms with Crippen molar-refractivity contribution in [3.8, 4) is 5.75 Å². The molecule has 1 aliphatic heterocycles. The molecule has 4 rings (SSSR count). The van der Waals surface area contributed by atoms with Crippen LogP contribution in [0.4, 0.5) is 24.5 Å². The number of carbonyl (C=O) groups is 1. The van der Waals surface area contributed by atoms with Crippen molar-refractivity contribution in [2.75, 3.05) is 16.2 Å². The number of fused-ring (bicyclic) bond motifs is 1. The Labute approximate surface area is 208 Å². The van der Waals surface area contributed by atoms with Gasteiger partial charge in [0.15, 0.2) is 6.61 Å².